The van der Waals surface area contributed by atoms with E-state index in [1.54, 1.807) is 18.3 Å². The molecule has 100 valence electrons. The first kappa shape index (κ1) is 13.1. The summed E-state index contributed by atoms with van der Waals surface area (Å²) in [6.45, 7) is 1.77. The van der Waals surface area contributed by atoms with Gasteiger partial charge in [0.25, 0.3) is 0 Å². The smallest absolute Gasteiger partial charge is 0.124 e. The minimum atomic E-state index is 0.537. The number of nitrogens with zero attached hydrogens (tertiary/aromatic N) is 2. The SMILES string of the molecule is CC(N)=Nc1ccc2sc(-c3cccc(Cl)c3)nc2c1. The number of aliphatic imine (C=N–C) groups is 1. The molecule has 5 heteroatoms. The van der Waals surface area contributed by atoms with Crippen molar-refractivity contribution < 1.29 is 0 Å². The van der Waals surface area contributed by atoms with Crippen LogP contribution in [-0.2, 0) is 0 Å². The number of thiazole rings is 1. The average Bonchev–Trinajstić information content (AvgIpc) is 2.81. The van der Waals surface area contributed by atoms with Crippen LogP contribution in [0.4, 0.5) is 5.69 Å². The number of fused-ring (bicyclic) bond motifs is 1. The highest BCUT2D eigenvalue weighted by molar-refractivity contribution is 7.21. The third-order valence-electron chi connectivity index (χ3n) is 2.75. The first-order chi connectivity index (χ1) is 9.61. The van der Waals surface area contributed by atoms with Gasteiger partial charge >= 0.3 is 0 Å². The third kappa shape index (κ3) is 2.66. The molecule has 0 saturated heterocycles. The molecule has 3 aromatic rings. The van der Waals surface area contributed by atoms with Gasteiger partial charge in [-0.25, -0.2) is 9.98 Å². The zero-order valence-corrected chi connectivity index (χ0v) is 12.4. The van der Waals surface area contributed by atoms with Gasteiger partial charge in [-0.05, 0) is 37.3 Å². The van der Waals surface area contributed by atoms with E-state index >= 15 is 0 Å². The molecule has 0 spiro atoms. The van der Waals surface area contributed by atoms with Gasteiger partial charge in [0, 0.05) is 10.6 Å². The molecule has 0 aliphatic rings. The summed E-state index contributed by atoms with van der Waals surface area (Å²) in [5, 5.41) is 1.67. The molecular weight excluding hydrogens is 290 g/mol. The quantitative estimate of drug-likeness (QED) is 0.554. The molecule has 0 aliphatic heterocycles. The molecule has 0 fully saturated rings. The van der Waals surface area contributed by atoms with Crippen LogP contribution in [0.1, 0.15) is 6.92 Å². The van der Waals surface area contributed by atoms with Gasteiger partial charge in [0.2, 0.25) is 0 Å². The summed E-state index contributed by atoms with van der Waals surface area (Å²) in [5.74, 6) is 0.537. The molecule has 1 heterocycles. The number of hydrogen-bond acceptors (Lipinski definition) is 3. The summed E-state index contributed by atoms with van der Waals surface area (Å²) in [4.78, 5) is 8.89. The van der Waals surface area contributed by atoms with Crippen molar-refractivity contribution in [2.24, 2.45) is 10.7 Å². The molecule has 0 unspecified atom stereocenters. The van der Waals surface area contributed by atoms with Crippen molar-refractivity contribution in [3.8, 4) is 10.6 Å². The normalized spacial score (nSPS) is 12.0. The molecule has 2 N–H and O–H groups in total. The van der Waals surface area contributed by atoms with Gasteiger partial charge in [0.05, 0.1) is 21.7 Å². The minimum absolute atomic E-state index is 0.537. The van der Waals surface area contributed by atoms with Crippen molar-refractivity contribution in [2.45, 2.75) is 6.92 Å². The Morgan fingerprint density at radius 2 is 2.10 bits per heavy atom. The van der Waals surface area contributed by atoms with Crippen molar-refractivity contribution in [1.82, 2.24) is 4.98 Å². The number of amidine groups is 1. The number of hydrogen-bond donors (Lipinski definition) is 1. The van der Waals surface area contributed by atoms with E-state index in [0.29, 0.717) is 10.9 Å². The number of benzene rings is 2. The summed E-state index contributed by atoms with van der Waals surface area (Å²) >= 11 is 7.66. The largest absolute Gasteiger partial charge is 0.387 e. The van der Waals surface area contributed by atoms with Crippen molar-refractivity contribution in [3.63, 3.8) is 0 Å². The first-order valence-electron chi connectivity index (χ1n) is 6.09. The third-order valence-corrected chi connectivity index (χ3v) is 4.07. The molecule has 0 aliphatic carbocycles. The van der Waals surface area contributed by atoms with Crippen LogP contribution in [0, 0.1) is 0 Å². The second-order valence-electron chi connectivity index (χ2n) is 4.43. The van der Waals surface area contributed by atoms with E-state index in [-0.39, 0.29) is 0 Å². The van der Waals surface area contributed by atoms with Gasteiger partial charge in [0.1, 0.15) is 5.01 Å². The van der Waals surface area contributed by atoms with Gasteiger partial charge in [-0.15, -0.1) is 11.3 Å². The zero-order chi connectivity index (χ0) is 14.1. The summed E-state index contributed by atoms with van der Waals surface area (Å²) in [5.41, 5.74) is 8.37. The molecule has 0 amide bonds. The van der Waals surface area contributed by atoms with Crippen molar-refractivity contribution in [2.75, 3.05) is 0 Å². The van der Waals surface area contributed by atoms with Crippen molar-refractivity contribution in [1.29, 1.82) is 0 Å². The lowest BCUT2D eigenvalue weighted by atomic mass is 10.2. The van der Waals surface area contributed by atoms with Gasteiger partial charge in [-0.2, -0.15) is 0 Å². The van der Waals surface area contributed by atoms with Crippen LogP contribution in [0.2, 0.25) is 5.02 Å². The predicted octanol–water partition coefficient (Wildman–Crippen LogP) is 4.63. The maximum absolute atomic E-state index is 6.02. The summed E-state index contributed by atoms with van der Waals surface area (Å²) < 4.78 is 1.12. The summed E-state index contributed by atoms with van der Waals surface area (Å²) in [6, 6.07) is 13.6. The van der Waals surface area contributed by atoms with Gasteiger partial charge in [-0.1, -0.05) is 23.7 Å². The lowest BCUT2D eigenvalue weighted by Gasteiger charge is -1.95. The number of rotatable bonds is 2. The molecule has 0 saturated carbocycles. The van der Waals surface area contributed by atoms with Crippen molar-refractivity contribution in [3.05, 3.63) is 47.5 Å². The number of aromatic nitrogens is 1. The fraction of sp³-hybridized carbons (Fsp3) is 0.0667. The van der Waals surface area contributed by atoms with E-state index in [1.807, 2.05) is 42.5 Å². The molecule has 1 aromatic heterocycles. The highest BCUT2D eigenvalue weighted by Gasteiger charge is 2.07. The highest BCUT2D eigenvalue weighted by Crippen LogP contribution is 2.33. The Bertz CT molecular complexity index is 804. The van der Waals surface area contributed by atoms with E-state index in [4.69, 9.17) is 17.3 Å². The molecule has 3 nitrogen and oxygen atoms in total. The molecule has 0 atom stereocenters. The maximum Gasteiger partial charge on any atom is 0.124 e. The average molecular weight is 302 g/mol. The first-order valence-corrected chi connectivity index (χ1v) is 7.28. The van der Waals surface area contributed by atoms with Gasteiger partial charge in [0.15, 0.2) is 0 Å². The van der Waals surface area contributed by atoms with E-state index in [2.05, 4.69) is 9.98 Å². The van der Waals surface area contributed by atoms with Crippen LogP contribution >= 0.6 is 22.9 Å². The molecule has 2 aromatic carbocycles. The minimum Gasteiger partial charge on any atom is -0.387 e. The lowest BCUT2D eigenvalue weighted by molar-refractivity contribution is 1.44. The van der Waals surface area contributed by atoms with Gasteiger partial charge < -0.3 is 5.73 Å². The van der Waals surface area contributed by atoms with Crippen LogP contribution in [0.3, 0.4) is 0 Å². The molecular formula is C15H12ClN3S. The van der Waals surface area contributed by atoms with E-state index in [1.165, 1.54) is 0 Å². The topological polar surface area (TPSA) is 51.3 Å². The fourth-order valence-corrected chi connectivity index (χ4v) is 3.07. The number of nitrogens with two attached hydrogens (primary N) is 1. The molecule has 0 radical (unpaired) electrons. The lowest BCUT2D eigenvalue weighted by Crippen LogP contribution is -2.03. The Kier molecular flexibility index (Phi) is 3.42. The van der Waals surface area contributed by atoms with E-state index < -0.39 is 0 Å². The Morgan fingerprint density at radius 3 is 2.85 bits per heavy atom. The molecule has 20 heavy (non-hydrogen) atoms. The highest BCUT2D eigenvalue weighted by atomic mass is 35.5. The van der Waals surface area contributed by atoms with E-state index in [0.717, 1.165) is 26.5 Å². The monoisotopic (exact) mass is 301 g/mol. The van der Waals surface area contributed by atoms with Crippen LogP contribution in [0.15, 0.2) is 47.5 Å². The maximum atomic E-state index is 6.02. The molecule has 3 rings (SSSR count). The second-order valence-corrected chi connectivity index (χ2v) is 5.90. The standard InChI is InChI=1S/C15H12ClN3S/c1-9(17)18-12-5-6-14-13(8-12)19-15(20-14)10-3-2-4-11(16)7-10/h2-8H,1H3,(H2,17,18). The van der Waals surface area contributed by atoms with E-state index in [9.17, 15) is 0 Å². The Hall–Kier alpha value is -1.91. The van der Waals surface area contributed by atoms with Crippen molar-refractivity contribution >= 4 is 44.7 Å². The Balaban J connectivity index is 2.09. The Morgan fingerprint density at radius 1 is 1.25 bits per heavy atom. The molecule has 0 bridgehead atoms. The van der Waals surface area contributed by atoms with Gasteiger partial charge in [-0.3, -0.25) is 0 Å². The summed E-state index contributed by atoms with van der Waals surface area (Å²) in [7, 11) is 0. The second kappa shape index (κ2) is 5.23. The van der Waals surface area contributed by atoms with Crippen LogP contribution in [0.25, 0.3) is 20.8 Å². The van der Waals surface area contributed by atoms with Crippen LogP contribution in [0.5, 0.6) is 0 Å². The summed E-state index contributed by atoms with van der Waals surface area (Å²) in [6.07, 6.45) is 0. The number of halogens is 1. The zero-order valence-electron chi connectivity index (χ0n) is 10.8. The fourth-order valence-electron chi connectivity index (χ4n) is 1.93. The van der Waals surface area contributed by atoms with Crippen LogP contribution < -0.4 is 5.73 Å². The predicted molar refractivity (Wildman–Crippen MR) is 87.0 cm³/mol. The Labute approximate surface area is 125 Å². The van der Waals surface area contributed by atoms with Crippen LogP contribution in [-0.4, -0.2) is 10.8 Å².